The molecule has 0 spiro atoms. The summed E-state index contributed by atoms with van der Waals surface area (Å²) in [6, 6.07) is -0.00544. The smallest absolute Gasteiger partial charge is 0.211 e. The summed E-state index contributed by atoms with van der Waals surface area (Å²) >= 11 is 0. The number of rotatable bonds is 9. The van der Waals surface area contributed by atoms with Crippen molar-refractivity contribution in [3.05, 3.63) is 0 Å². The van der Waals surface area contributed by atoms with Gasteiger partial charge in [0.15, 0.2) is 0 Å². The number of hydrogen-bond acceptors (Lipinski definition) is 3. The Balaban J connectivity index is 4.14. The molecule has 5 heteroatoms. The summed E-state index contributed by atoms with van der Waals surface area (Å²) in [5, 5.41) is 8.59. The summed E-state index contributed by atoms with van der Waals surface area (Å²) in [5.41, 5.74) is 0. The normalized spacial score (nSPS) is 14.3. The highest BCUT2D eigenvalue weighted by molar-refractivity contribution is 7.89. The van der Waals surface area contributed by atoms with Gasteiger partial charge in [-0.15, -0.1) is 0 Å². The highest BCUT2D eigenvalue weighted by Gasteiger charge is 2.19. The number of hydrogen-bond donors (Lipinski definition) is 2. The van der Waals surface area contributed by atoms with Gasteiger partial charge in [0.05, 0.1) is 5.75 Å². The summed E-state index contributed by atoms with van der Waals surface area (Å²) in [6.45, 7) is 6.12. The van der Waals surface area contributed by atoms with Crippen LogP contribution in [0.4, 0.5) is 0 Å². The second kappa shape index (κ2) is 8.03. The van der Waals surface area contributed by atoms with Crippen LogP contribution in [0.1, 0.15) is 46.5 Å². The molecule has 2 N–H and O–H groups in total. The van der Waals surface area contributed by atoms with Crippen LogP contribution in [0.3, 0.4) is 0 Å². The lowest BCUT2D eigenvalue weighted by Gasteiger charge is -2.22. The van der Waals surface area contributed by atoms with Gasteiger partial charge < -0.3 is 5.11 Å². The first-order valence-electron chi connectivity index (χ1n) is 6.07. The lowest BCUT2D eigenvalue weighted by atomic mass is 9.96. The van der Waals surface area contributed by atoms with E-state index >= 15 is 0 Å². The molecule has 0 saturated carbocycles. The maximum atomic E-state index is 11.7. The second-order valence-corrected chi connectivity index (χ2v) is 6.11. The van der Waals surface area contributed by atoms with Gasteiger partial charge in [-0.3, -0.25) is 0 Å². The van der Waals surface area contributed by atoms with Crippen molar-refractivity contribution < 1.29 is 13.5 Å². The fourth-order valence-corrected chi connectivity index (χ4v) is 3.30. The van der Waals surface area contributed by atoms with Gasteiger partial charge in [0, 0.05) is 12.6 Å². The van der Waals surface area contributed by atoms with Gasteiger partial charge in [-0.25, -0.2) is 13.1 Å². The summed E-state index contributed by atoms with van der Waals surface area (Å²) in [7, 11) is -3.18. The average molecular weight is 251 g/mol. The molecule has 0 aromatic carbocycles. The van der Waals surface area contributed by atoms with Crippen molar-refractivity contribution in [2.24, 2.45) is 5.92 Å². The summed E-state index contributed by atoms with van der Waals surface area (Å²) in [4.78, 5) is 0. The van der Waals surface area contributed by atoms with Gasteiger partial charge in [-0.1, -0.05) is 26.7 Å². The summed E-state index contributed by atoms with van der Waals surface area (Å²) < 4.78 is 26.0. The highest BCUT2D eigenvalue weighted by Crippen LogP contribution is 2.13. The summed E-state index contributed by atoms with van der Waals surface area (Å²) in [5.74, 6) is 0.505. The predicted molar refractivity (Wildman–Crippen MR) is 66.8 cm³/mol. The van der Waals surface area contributed by atoms with Crippen molar-refractivity contribution in [1.29, 1.82) is 0 Å². The SMILES string of the molecule is CCC(CC)C(C)NS(=O)(=O)CCCCO. The van der Waals surface area contributed by atoms with Crippen LogP contribution in [0.15, 0.2) is 0 Å². The molecule has 16 heavy (non-hydrogen) atoms. The van der Waals surface area contributed by atoms with Gasteiger partial charge >= 0.3 is 0 Å². The Bertz CT molecular complexity index is 260. The standard InChI is InChI=1S/C11H25NO3S/c1-4-11(5-2)10(3)12-16(14,15)9-7-6-8-13/h10-13H,4-9H2,1-3H3. The maximum Gasteiger partial charge on any atom is 0.211 e. The predicted octanol–water partition coefficient (Wildman–Crippen LogP) is 1.50. The van der Waals surface area contributed by atoms with Crippen LogP contribution >= 0.6 is 0 Å². The molecule has 0 fully saturated rings. The Morgan fingerprint density at radius 3 is 2.19 bits per heavy atom. The van der Waals surface area contributed by atoms with Crippen molar-refractivity contribution in [2.75, 3.05) is 12.4 Å². The zero-order valence-electron chi connectivity index (χ0n) is 10.6. The van der Waals surface area contributed by atoms with E-state index in [1.54, 1.807) is 0 Å². The number of unbranched alkanes of at least 4 members (excludes halogenated alkanes) is 1. The number of nitrogens with one attached hydrogen (secondary N) is 1. The molecular weight excluding hydrogens is 226 g/mol. The van der Waals surface area contributed by atoms with Crippen LogP contribution in [0.25, 0.3) is 0 Å². The van der Waals surface area contributed by atoms with Crippen LogP contribution in [-0.4, -0.2) is 31.9 Å². The lowest BCUT2D eigenvalue weighted by Crippen LogP contribution is -2.39. The van der Waals surface area contributed by atoms with E-state index in [1.165, 1.54) is 0 Å². The monoisotopic (exact) mass is 251 g/mol. The molecule has 0 radical (unpaired) electrons. The van der Waals surface area contributed by atoms with Crippen molar-refractivity contribution in [3.8, 4) is 0 Å². The van der Waals surface area contributed by atoms with Crippen molar-refractivity contribution in [3.63, 3.8) is 0 Å². The molecule has 0 amide bonds. The van der Waals surface area contributed by atoms with Gasteiger partial charge in [-0.2, -0.15) is 0 Å². The third-order valence-corrected chi connectivity index (χ3v) is 4.50. The van der Waals surface area contributed by atoms with E-state index in [-0.39, 0.29) is 18.4 Å². The minimum Gasteiger partial charge on any atom is -0.396 e. The zero-order valence-corrected chi connectivity index (χ0v) is 11.4. The van der Waals surface area contributed by atoms with Crippen LogP contribution in [0.5, 0.6) is 0 Å². The van der Waals surface area contributed by atoms with Crippen molar-refractivity contribution in [2.45, 2.75) is 52.5 Å². The molecule has 0 aromatic rings. The second-order valence-electron chi connectivity index (χ2n) is 4.23. The summed E-state index contributed by atoms with van der Waals surface area (Å²) in [6.07, 6.45) is 3.02. The van der Waals surface area contributed by atoms with E-state index in [0.717, 1.165) is 12.8 Å². The fraction of sp³-hybridized carbons (Fsp3) is 1.00. The Hall–Kier alpha value is -0.130. The topological polar surface area (TPSA) is 66.4 Å². The fourth-order valence-electron chi connectivity index (χ4n) is 1.84. The molecule has 0 rings (SSSR count). The van der Waals surface area contributed by atoms with E-state index in [4.69, 9.17) is 5.11 Å². The van der Waals surface area contributed by atoms with Crippen molar-refractivity contribution >= 4 is 10.0 Å². The van der Waals surface area contributed by atoms with Crippen molar-refractivity contribution in [1.82, 2.24) is 4.72 Å². The van der Waals surface area contributed by atoms with E-state index in [9.17, 15) is 8.42 Å². The molecule has 1 unspecified atom stereocenters. The molecule has 98 valence electrons. The first-order chi connectivity index (χ1) is 7.46. The van der Waals surface area contributed by atoms with E-state index in [1.807, 2.05) is 6.92 Å². The first-order valence-corrected chi connectivity index (χ1v) is 7.72. The van der Waals surface area contributed by atoms with E-state index < -0.39 is 10.0 Å². The zero-order chi connectivity index (χ0) is 12.6. The van der Waals surface area contributed by atoms with Crippen LogP contribution in [-0.2, 0) is 10.0 Å². The molecule has 0 bridgehead atoms. The Labute approximate surface area is 99.5 Å². The van der Waals surface area contributed by atoms with Gasteiger partial charge in [0.2, 0.25) is 10.0 Å². The highest BCUT2D eigenvalue weighted by atomic mass is 32.2. The van der Waals surface area contributed by atoms with Gasteiger partial charge in [0.25, 0.3) is 0 Å². The molecule has 0 aromatic heterocycles. The molecule has 0 aliphatic carbocycles. The first kappa shape index (κ1) is 15.9. The molecular formula is C11H25NO3S. The van der Waals surface area contributed by atoms with Crippen LogP contribution in [0, 0.1) is 5.92 Å². The molecule has 0 aliphatic rings. The average Bonchev–Trinajstić information content (AvgIpc) is 2.18. The molecule has 4 nitrogen and oxygen atoms in total. The molecule has 0 heterocycles. The third kappa shape index (κ3) is 6.45. The third-order valence-electron chi connectivity index (χ3n) is 2.94. The Morgan fingerprint density at radius 1 is 1.19 bits per heavy atom. The van der Waals surface area contributed by atoms with Crippen LogP contribution < -0.4 is 4.72 Å². The minimum atomic E-state index is -3.18. The minimum absolute atomic E-state index is 0.00544. The lowest BCUT2D eigenvalue weighted by molar-refractivity contribution is 0.287. The molecule has 0 aliphatic heterocycles. The number of aliphatic hydroxyl groups excluding tert-OH is 1. The van der Waals surface area contributed by atoms with Gasteiger partial charge in [-0.05, 0) is 25.7 Å². The quantitative estimate of drug-likeness (QED) is 0.610. The largest absolute Gasteiger partial charge is 0.396 e. The molecule has 0 saturated heterocycles. The van der Waals surface area contributed by atoms with E-state index in [2.05, 4.69) is 18.6 Å². The van der Waals surface area contributed by atoms with E-state index in [0.29, 0.717) is 18.8 Å². The number of aliphatic hydroxyl groups is 1. The Morgan fingerprint density at radius 2 is 1.75 bits per heavy atom. The van der Waals surface area contributed by atoms with Gasteiger partial charge in [0.1, 0.15) is 0 Å². The molecule has 1 atom stereocenters. The number of sulfonamides is 1. The Kier molecular flexibility index (Phi) is 7.97. The maximum absolute atomic E-state index is 11.7. The van der Waals surface area contributed by atoms with Crippen LogP contribution in [0.2, 0.25) is 0 Å².